The van der Waals surface area contributed by atoms with Crippen LogP contribution < -0.4 is 10.2 Å². The monoisotopic (exact) mass is 367 g/mol. The van der Waals surface area contributed by atoms with Crippen molar-refractivity contribution in [3.63, 3.8) is 0 Å². The van der Waals surface area contributed by atoms with E-state index in [0.29, 0.717) is 0 Å². The number of rotatable bonds is 2. The molecule has 0 saturated carbocycles. The second-order valence-electron chi connectivity index (χ2n) is 6.55. The fourth-order valence-corrected chi connectivity index (χ4v) is 4.91. The summed E-state index contributed by atoms with van der Waals surface area (Å²) in [5, 5.41) is 4.36. The molecule has 0 radical (unpaired) electrons. The van der Waals surface area contributed by atoms with Gasteiger partial charge >= 0.3 is 0 Å². The molecule has 0 bridgehead atoms. The van der Waals surface area contributed by atoms with Gasteiger partial charge < -0.3 is 10.2 Å². The molecular formula is C20H18ClN3S. The maximum absolute atomic E-state index is 6.00. The number of nitrogens with one attached hydrogen (secondary N) is 1. The summed E-state index contributed by atoms with van der Waals surface area (Å²) in [4.78, 5) is 8.59. The van der Waals surface area contributed by atoms with Crippen LogP contribution in [0, 0.1) is 0 Å². The minimum atomic E-state index is 0.155. The summed E-state index contributed by atoms with van der Waals surface area (Å²) in [5.41, 5.74) is 6.45. The third-order valence-corrected chi connectivity index (χ3v) is 6.39. The van der Waals surface area contributed by atoms with Gasteiger partial charge in [-0.3, -0.25) is 4.99 Å². The Morgan fingerprint density at radius 2 is 2.00 bits per heavy atom. The molecule has 1 unspecified atom stereocenters. The van der Waals surface area contributed by atoms with Crippen LogP contribution in [0.4, 0.5) is 11.4 Å². The SMILES string of the molecule is Clc1ccc(C2N=C3CCN(c4ccc5c(c4)CCN5)C=C3S2)cc1. The van der Waals surface area contributed by atoms with Crippen LogP contribution in [0.3, 0.4) is 0 Å². The fraction of sp³-hybridized carbons (Fsp3) is 0.250. The Morgan fingerprint density at radius 1 is 1.12 bits per heavy atom. The van der Waals surface area contributed by atoms with Crippen LogP contribution in [0.2, 0.25) is 5.02 Å². The van der Waals surface area contributed by atoms with E-state index >= 15 is 0 Å². The third-order valence-electron chi connectivity index (χ3n) is 4.94. The lowest BCUT2D eigenvalue weighted by Gasteiger charge is -2.26. The molecule has 3 aliphatic heterocycles. The number of hydrogen-bond donors (Lipinski definition) is 1. The van der Waals surface area contributed by atoms with E-state index < -0.39 is 0 Å². The van der Waals surface area contributed by atoms with Crippen LogP contribution >= 0.6 is 23.4 Å². The first-order valence-corrected chi connectivity index (χ1v) is 9.86. The van der Waals surface area contributed by atoms with Crippen molar-refractivity contribution >= 4 is 40.4 Å². The molecule has 25 heavy (non-hydrogen) atoms. The van der Waals surface area contributed by atoms with Crippen molar-refractivity contribution in [1.82, 2.24) is 0 Å². The maximum atomic E-state index is 6.00. The maximum Gasteiger partial charge on any atom is 0.125 e. The molecule has 126 valence electrons. The van der Waals surface area contributed by atoms with Crippen LogP contribution in [0.25, 0.3) is 0 Å². The Morgan fingerprint density at radius 3 is 2.88 bits per heavy atom. The Kier molecular flexibility index (Phi) is 3.75. The number of nitrogens with zero attached hydrogens (tertiary/aromatic N) is 2. The van der Waals surface area contributed by atoms with E-state index in [1.165, 1.54) is 33.1 Å². The van der Waals surface area contributed by atoms with Gasteiger partial charge in [0.15, 0.2) is 0 Å². The van der Waals surface area contributed by atoms with Crippen molar-refractivity contribution < 1.29 is 0 Å². The number of benzene rings is 2. The van der Waals surface area contributed by atoms with Crippen LogP contribution in [-0.2, 0) is 6.42 Å². The number of hydrogen-bond acceptors (Lipinski definition) is 4. The van der Waals surface area contributed by atoms with Gasteiger partial charge in [-0.15, -0.1) is 0 Å². The average molecular weight is 368 g/mol. The lowest BCUT2D eigenvalue weighted by Crippen LogP contribution is -2.25. The highest BCUT2D eigenvalue weighted by atomic mass is 35.5. The van der Waals surface area contributed by atoms with E-state index in [4.69, 9.17) is 16.6 Å². The molecule has 1 N–H and O–H groups in total. The predicted octanol–water partition coefficient (Wildman–Crippen LogP) is 5.25. The molecule has 1 atom stereocenters. The lowest BCUT2D eigenvalue weighted by molar-refractivity contribution is 0.929. The summed E-state index contributed by atoms with van der Waals surface area (Å²) in [7, 11) is 0. The summed E-state index contributed by atoms with van der Waals surface area (Å²) in [6.07, 6.45) is 4.39. The van der Waals surface area contributed by atoms with Crippen LogP contribution in [0.15, 0.2) is 58.6 Å². The standard InChI is InChI=1S/C20H18ClN3S/c21-15-3-1-13(2-4-15)20-23-18-8-10-24(12-19(18)25-20)16-5-6-17-14(11-16)7-9-22-17/h1-6,11-12,20,22H,7-10H2. The summed E-state index contributed by atoms with van der Waals surface area (Å²) >= 11 is 7.84. The van der Waals surface area contributed by atoms with Crippen molar-refractivity contribution in [3.05, 3.63) is 69.7 Å². The molecule has 5 rings (SSSR count). The molecule has 0 amide bonds. The molecule has 0 aromatic heterocycles. The van der Waals surface area contributed by atoms with E-state index in [1.54, 1.807) is 0 Å². The second-order valence-corrected chi connectivity index (χ2v) is 8.11. The van der Waals surface area contributed by atoms with Crippen LogP contribution in [-0.4, -0.2) is 18.8 Å². The Balaban J connectivity index is 1.40. The molecule has 0 saturated heterocycles. The minimum Gasteiger partial charge on any atom is -0.384 e. The predicted molar refractivity (Wildman–Crippen MR) is 108 cm³/mol. The molecule has 5 heteroatoms. The van der Waals surface area contributed by atoms with Gasteiger partial charge in [-0.1, -0.05) is 35.5 Å². The van der Waals surface area contributed by atoms with Crippen molar-refractivity contribution in [3.8, 4) is 0 Å². The number of halogens is 1. The normalized spacial score (nSPS) is 21.3. The molecular weight excluding hydrogens is 350 g/mol. The molecule has 2 aromatic rings. The lowest BCUT2D eigenvalue weighted by atomic mass is 10.1. The zero-order chi connectivity index (χ0) is 16.8. The molecule has 3 nitrogen and oxygen atoms in total. The van der Waals surface area contributed by atoms with Crippen LogP contribution in [0.1, 0.15) is 22.9 Å². The fourth-order valence-electron chi connectivity index (χ4n) is 3.59. The smallest absolute Gasteiger partial charge is 0.125 e. The molecule has 0 aliphatic carbocycles. The molecule has 3 heterocycles. The summed E-state index contributed by atoms with van der Waals surface area (Å²) < 4.78 is 0. The average Bonchev–Trinajstić information content (AvgIpc) is 3.27. The summed E-state index contributed by atoms with van der Waals surface area (Å²) in [6, 6.07) is 14.8. The molecule has 3 aliphatic rings. The van der Waals surface area contributed by atoms with Crippen molar-refractivity contribution in [2.75, 3.05) is 23.3 Å². The number of aliphatic imine (C=N–C) groups is 1. The Labute approximate surface area is 156 Å². The highest BCUT2D eigenvalue weighted by Gasteiger charge is 2.28. The number of allylic oxidation sites excluding steroid dienone is 1. The van der Waals surface area contributed by atoms with E-state index in [1.807, 2.05) is 23.9 Å². The van der Waals surface area contributed by atoms with Gasteiger partial charge in [-0.2, -0.15) is 0 Å². The largest absolute Gasteiger partial charge is 0.384 e. The molecule has 0 fully saturated rings. The first kappa shape index (κ1) is 15.4. The highest BCUT2D eigenvalue weighted by Crippen LogP contribution is 2.45. The Bertz CT molecular complexity index is 888. The zero-order valence-electron chi connectivity index (χ0n) is 13.7. The third kappa shape index (κ3) is 2.83. The van der Waals surface area contributed by atoms with E-state index in [-0.39, 0.29) is 5.37 Å². The van der Waals surface area contributed by atoms with Gasteiger partial charge in [0.05, 0.1) is 5.71 Å². The molecule has 0 spiro atoms. The van der Waals surface area contributed by atoms with Crippen molar-refractivity contribution in [2.24, 2.45) is 4.99 Å². The number of anilines is 2. The van der Waals surface area contributed by atoms with Crippen LogP contribution in [0.5, 0.6) is 0 Å². The number of thioether (sulfide) groups is 1. The second kappa shape index (κ2) is 6.11. The quantitative estimate of drug-likeness (QED) is 0.785. The zero-order valence-corrected chi connectivity index (χ0v) is 15.3. The van der Waals surface area contributed by atoms with E-state index in [0.717, 1.165) is 31.0 Å². The van der Waals surface area contributed by atoms with Gasteiger partial charge in [0.1, 0.15) is 5.37 Å². The van der Waals surface area contributed by atoms with Crippen molar-refractivity contribution in [1.29, 1.82) is 0 Å². The van der Waals surface area contributed by atoms with Gasteiger partial charge in [0.25, 0.3) is 0 Å². The van der Waals surface area contributed by atoms with Gasteiger partial charge in [0.2, 0.25) is 0 Å². The number of fused-ring (bicyclic) bond motifs is 2. The summed E-state index contributed by atoms with van der Waals surface area (Å²) in [5.74, 6) is 0. The van der Waals surface area contributed by atoms with Gasteiger partial charge in [0, 0.05) is 47.0 Å². The topological polar surface area (TPSA) is 27.6 Å². The van der Waals surface area contributed by atoms with Crippen molar-refractivity contribution in [2.45, 2.75) is 18.2 Å². The first-order valence-electron chi connectivity index (χ1n) is 8.61. The van der Waals surface area contributed by atoms with Gasteiger partial charge in [-0.05, 0) is 47.9 Å². The minimum absolute atomic E-state index is 0.155. The Hall–Kier alpha value is -1.91. The van der Waals surface area contributed by atoms with E-state index in [2.05, 4.69) is 46.7 Å². The summed E-state index contributed by atoms with van der Waals surface area (Å²) in [6.45, 7) is 2.04. The van der Waals surface area contributed by atoms with Gasteiger partial charge in [-0.25, -0.2) is 0 Å². The molecule has 2 aromatic carbocycles. The van der Waals surface area contributed by atoms with E-state index in [9.17, 15) is 0 Å². The first-order chi connectivity index (χ1) is 12.3. The highest BCUT2D eigenvalue weighted by molar-refractivity contribution is 8.04.